The topological polar surface area (TPSA) is 72.2 Å². The Morgan fingerprint density at radius 3 is 2.35 bits per heavy atom. The number of hydrogen-bond acceptors (Lipinski definition) is 3. The molecule has 0 aliphatic rings. The number of rotatable bonds is 3. The van der Waals surface area contributed by atoms with E-state index in [2.05, 4.69) is 4.72 Å². The summed E-state index contributed by atoms with van der Waals surface area (Å²) in [4.78, 5) is 0.0446. The first-order chi connectivity index (χ1) is 9.29. The Morgan fingerprint density at radius 2 is 1.75 bits per heavy atom. The second-order valence-electron chi connectivity index (χ2n) is 4.26. The molecule has 106 valence electrons. The molecule has 0 saturated heterocycles. The Kier molecular flexibility index (Phi) is 4.13. The van der Waals surface area contributed by atoms with Gasteiger partial charge in [0.25, 0.3) is 10.0 Å². The Balaban J connectivity index is 2.38. The highest BCUT2D eigenvalue weighted by Crippen LogP contribution is 2.27. The lowest BCUT2D eigenvalue weighted by molar-refractivity contribution is 0.601. The molecule has 0 amide bonds. The van der Waals surface area contributed by atoms with Crippen LogP contribution in [0.15, 0.2) is 41.3 Å². The first-order valence-electron chi connectivity index (χ1n) is 5.63. The zero-order valence-corrected chi connectivity index (χ0v) is 12.9. The number of anilines is 2. The molecular formula is C13H12Cl2N2O2S. The molecule has 2 aromatic carbocycles. The highest BCUT2D eigenvalue weighted by atomic mass is 35.5. The van der Waals surface area contributed by atoms with Crippen LogP contribution in [0.5, 0.6) is 0 Å². The molecule has 0 heterocycles. The lowest BCUT2D eigenvalue weighted by Crippen LogP contribution is -2.13. The quantitative estimate of drug-likeness (QED) is 0.843. The van der Waals surface area contributed by atoms with Crippen LogP contribution in [0.2, 0.25) is 10.0 Å². The van der Waals surface area contributed by atoms with Crippen LogP contribution in [-0.2, 0) is 10.0 Å². The van der Waals surface area contributed by atoms with Gasteiger partial charge in [-0.1, -0.05) is 23.2 Å². The van der Waals surface area contributed by atoms with E-state index >= 15 is 0 Å². The minimum absolute atomic E-state index is 0.0446. The summed E-state index contributed by atoms with van der Waals surface area (Å²) < 4.78 is 27.0. The van der Waals surface area contributed by atoms with Gasteiger partial charge in [0, 0.05) is 5.69 Å². The van der Waals surface area contributed by atoms with E-state index < -0.39 is 10.0 Å². The summed E-state index contributed by atoms with van der Waals surface area (Å²) in [5, 5.41) is 0.484. The maximum Gasteiger partial charge on any atom is 0.261 e. The minimum atomic E-state index is -3.72. The molecule has 0 aliphatic heterocycles. The molecule has 0 saturated carbocycles. The number of aryl methyl sites for hydroxylation is 1. The van der Waals surface area contributed by atoms with Gasteiger partial charge in [0.2, 0.25) is 0 Å². The molecule has 0 atom stereocenters. The monoisotopic (exact) mass is 330 g/mol. The zero-order chi connectivity index (χ0) is 14.9. The molecule has 0 unspecified atom stereocenters. The van der Waals surface area contributed by atoms with Gasteiger partial charge < -0.3 is 5.73 Å². The predicted molar refractivity (Wildman–Crippen MR) is 82.9 cm³/mol. The largest absolute Gasteiger partial charge is 0.399 e. The number of nitrogens with one attached hydrogen (secondary N) is 1. The van der Waals surface area contributed by atoms with Gasteiger partial charge in [0.15, 0.2) is 0 Å². The van der Waals surface area contributed by atoms with Crippen LogP contribution in [-0.4, -0.2) is 8.42 Å². The van der Waals surface area contributed by atoms with E-state index in [1.165, 1.54) is 18.2 Å². The SMILES string of the molecule is Cc1cc(N)ccc1NS(=O)(=O)c1ccc(Cl)c(Cl)c1. The van der Waals surface area contributed by atoms with Crippen molar-refractivity contribution in [2.45, 2.75) is 11.8 Å². The molecule has 2 rings (SSSR count). The summed E-state index contributed by atoms with van der Waals surface area (Å²) in [7, 11) is -3.72. The van der Waals surface area contributed by atoms with E-state index in [9.17, 15) is 8.42 Å². The summed E-state index contributed by atoms with van der Waals surface area (Å²) in [5.74, 6) is 0. The second kappa shape index (κ2) is 5.52. The molecule has 0 aliphatic carbocycles. The summed E-state index contributed by atoms with van der Waals surface area (Å²) in [6.07, 6.45) is 0. The van der Waals surface area contributed by atoms with Crippen molar-refractivity contribution in [1.29, 1.82) is 0 Å². The zero-order valence-electron chi connectivity index (χ0n) is 10.5. The Morgan fingerprint density at radius 1 is 1.05 bits per heavy atom. The van der Waals surface area contributed by atoms with Gasteiger partial charge in [-0.15, -0.1) is 0 Å². The van der Waals surface area contributed by atoms with E-state index in [1.807, 2.05) is 0 Å². The van der Waals surface area contributed by atoms with Crippen molar-refractivity contribution in [3.8, 4) is 0 Å². The number of halogens is 2. The van der Waals surface area contributed by atoms with E-state index in [1.54, 1.807) is 25.1 Å². The fourth-order valence-electron chi connectivity index (χ4n) is 1.65. The van der Waals surface area contributed by atoms with Crippen LogP contribution in [0.1, 0.15) is 5.56 Å². The Bertz CT molecular complexity index is 761. The number of hydrogen-bond donors (Lipinski definition) is 2. The van der Waals surface area contributed by atoms with Crippen LogP contribution >= 0.6 is 23.2 Å². The summed E-state index contributed by atoms with van der Waals surface area (Å²) in [6, 6.07) is 9.06. The lowest BCUT2D eigenvalue weighted by atomic mass is 10.2. The van der Waals surface area contributed by atoms with E-state index in [0.29, 0.717) is 16.4 Å². The Hall–Kier alpha value is -1.43. The van der Waals surface area contributed by atoms with Crippen molar-refractivity contribution >= 4 is 44.6 Å². The van der Waals surface area contributed by atoms with Gasteiger partial charge in [-0.25, -0.2) is 8.42 Å². The van der Waals surface area contributed by atoms with Crippen molar-refractivity contribution in [1.82, 2.24) is 0 Å². The standard InChI is InChI=1S/C13H12Cl2N2O2S/c1-8-6-9(16)2-5-13(8)17-20(18,19)10-3-4-11(14)12(15)7-10/h2-7,17H,16H2,1H3. The van der Waals surface area contributed by atoms with Crippen molar-refractivity contribution in [2.24, 2.45) is 0 Å². The van der Waals surface area contributed by atoms with Gasteiger partial charge in [-0.2, -0.15) is 0 Å². The third kappa shape index (κ3) is 3.17. The molecular weight excluding hydrogens is 319 g/mol. The maximum atomic E-state index is 12.3. The number of sulfonamides is 1. The molecule has 20 heavy (non-hydrogen) atoms. The van der Waals surface area contributed by atoms with Crippen molar-refractivity contribution < 1.29 is 8.42 Å². The van der Waals surface area contributed by atoms with Gasteiger partial charge in [-0.3, -0.25) is 4.72 Å². The lowest BCUT2D eigenvalue weighted by Gasteiger charge is -2.11. The number of nitrogen functional groups attached to an aromatic ring is 1. The van der Waals surface area contributed by atoms with Crippen LogP contribution < -0.4 is 10.5 Å². The van der Waals surface area contributed by atoms with Crippen LogP contribution in [0.4, 0.5) is 11.4 Å². The molecule has 0 radical (unpaired) electrons. The number of benzene rings is 2. The average molecular weight is 331 g/mol. The summed E-state index contributed by atoms with van der Waals surface area (Å²) >= 11 is 11.6. The molecule has 0 spiro atoms. The molecule has 0 aromatic heterocycles. The number of nitrogens with two attached hydrogens (primary N) is 1. The normalized spacial score (nSPS) is 11.3. The predicted octanol–water partition coefficient (Wildman–Crippen LogP) is 3.68. The summed E-state index contributed by atoms with van der Waals surface area (Å²) in [5.41, 5.74) is 7.39. The Labute approximate surface area is 127 Å². The van der Waals surface area contributed by atoms with Gasteiger partial charge in [0.05, 0.1) is 20.6 Å². The average Bonchev–Trinajstić information content (AvgIpc) is 2.36. The third-order valence-electron chi connectivity index (χ3n) is 2.70. The first kappa shape index (κ1) is 15.0. The van der Waals surface area contributed by atoms with E-state index in [-0.39, 0.29) is 9.92 Å². The highest BCUT2D eigenvalue weighted by molar-refractivity contribution is 7.92. The molecule has 2 aromatic rings. The second-order valence-corrected chi connectivity index (χ2v) is 6.75. The fraction of sp³-hybridized carbons (Fsp3) is 0.0769. The van der Waals surface area contributed by atoms with Crippen LogP contribution in [0.25, 0.3) is 0 Å². The molecule has 3 N–H and O–H groups in total. The van der Waals surface area contributed by atoms with E-state index in [4.69, 9.17) is 28.9 Å². The molecule has 0 fully saturated rings. The minimum Gasteiger partial charge on any atom is -0.399 e. The van der Waals surface area contributed by atoms with E-state index in [0.717, 1.165) is 5.56 Å². The van der Waals surface area contributed by atoms with Crippen LogP contribution in [0.3, 0.4) is 0 Å². The fourth-order valence-corrected chi connectivity index (χ4v) is 3.17. The van der Waals surface area contributed by atoms with Crippen LogP contribution in [0, 0.1) is 6.92 Å². The van der Waals surface area contributed by atoms with Gasteiger partial charge in [-0.05, 0) is 48.9 Å². The van der Waals surface area contributed by atoms with Gasteiger partial charge >= 0.3 is 0 Å². The molecule has 0 bridgehead atoms. The molecule has 4 nitrogen and oxygen atoms in total. The maximum absolute atomic E-state index is 12.3. The van der Waals surface area contributed by atoms with Crippen molar-refractivity contribution in [3.05, 3.63) is 52.0 Å². The molecule has 7 heteroatoms. The first-order valence-corrected chi connectivity index (χ1v) is 7.87. The van der Waals surface area contributed by atoms with Crippen molar-refractivity contribution in [3.63, 3.8) is 0 Å². The van der Waals surface area contributed by atoms with Gasteiger partial charge in [0.1, 0.15) is 0 Å². The smallest absolute Gasteiger partial charge is 0.261 e. The highest BCUT2D eigenvalue weighted by Gasteiger charge is 2.16. The van der Waals surface area contributed by atoms with Crippen molar-refractivity contribution in [2.75, 3.05) is 10.5 Å². The third-order valence-corrected chi connectivity index (χ3v) is 4.80. The summed E-state index contributed by atoms with van der Waals surface area (Å²) in [6.45, 7) is 1.77.